The molecule has 0 saturated heterocycles. The van der Waals surface area contributed by atoms with E-state index in [4.69, 9.17) is 34.2 Å². The van der Waals surface area contributed by atoms with Crippen molar-refractivity contribution in [2.24, 2.45) is 0 Å². The zero-order valence-corrected chi connectivity index (χ0v) is 14.0. The molecule has 21 heavy (non-hydrogen) atoms. The van der Waals surface area contributed by atoms with Gasteiger partial charge in [-0.05, 0) is 0 Å². The Hall–Kier alpha value is -1.83. The zero-order chi connectivity index (χ0) is 16.3. The monoisotopic (exact) mass is 315 g/mol. The minimum atomic E-state index is -3.43. The van der Waals surface area contributed by atoms with E-state index in [1.54, 1.807) is 20.8 Å². The van der Waals surface area contributed by atoms with E-state index in [1.807, 2.05) is 0 Å². The van der Waals surface area contributed by atoms with Crippen molar-refractivity contribution in [3.63, 3.8) is 0 Å². The smallest absolute Gasteiger partial charge is 0.502 e. The van der Waals surface area contributed by atoms with Gasteiger partial charge in [0.05, 0.1) is 18.9 Å². The van der Waals surface area contributed by atoms with Gasteiger partial charge in [0, 0.05) is 19.3 Å². The minimum Gasteiger partial charge on any atom is -0.502 e. The van der Waals surface area contributed by atoms with Gasteiger partial charge in [0.2, 0.25) is 0 Å². The van der Waals surface area contributed by atoms with Crippen LogP contribution in [0.1, 0.15) is 40.0 Å². The van der Waals surface area contributed by atoms with Crippen LogP contribution in [0, 0.1) is 16.2 Å². The molecule has 0 aliphatic rings. The van der Waals surface area contributed by atoms with Gasteiger partial charge in [-0.3, -0.25) is 16.2 Å². The van der Waals surface area contributed by atoms with Gasteiger partial charge < -0.3 is 18.0 Å². The lowest BCUT2D eigenvalue weighted by Crippen LogP contribution is -2.50. The fourth-order valence-corrected chi connectivity index (χ4v) is 3.62. The quantitative estimate of drug-likeness (QED) is 0.189. The first kappa shape index (κ1) is 19.2. The summed E-state index contributed by atoms with van der Waals surface area (Å²) in [5.74, 6) is 0.0224. The lowest BCUT2D eigenvalue weighted by atomic mass is 10.5. The second-order valence-corrected chi connectivity index (χ2v) is 6.59. The Labute approximate surface area is 127 Å². The van der Waals surface area contributed by atoms with Crippen molar-refractivity contribution < 1.29 is 18.0 Å². The predicted octanol–water partition coefficient (Wildman–Crippen LogP) is 3.30. The molecule has 0 aromatic carbocycles. The molecule has 0 aromatic heterocycles. The molecule has 0 rings (SSSR count). The zero-order valence-electron chi connectivity index (χ0n) is 13.0. The molecule has 0 heterocycles. The molecular formula is C13H25N3O4Si. The van der Waals surface area contributed by atoms with Crippen LogP contribution in [0.25, 0.3) is 0 Å². The van der Waals surface area contributed by atoms with Crippen molar-refractivity contribution in [2.75, 3.05) is 6.61 Å². The molecule has 0 radical (unpaired) electrons. The normalized spacial score (nSPS) is 12.7. The highest BCUT2D eigenvalue weighted by molar-refractivity contribution is 6.65. The highest BCUT2D eigenvalue weighted by atomic mass is 28.4. The summed E-state index contributed by atoms with van der Waals surface area (Å²) < 4.78 is 21.8. The fourth-order valence-electron chi connectivity index (χ4n) is 1.26. The Morgan fingerprint density at radius 3 is 1.57 bits per heavy atom. The van der Waals surface area contributed by atoms with Gasteiger partial charge in [0.1, 0.15) is 0 Å². The standard InChI is InChI=1S/C13H25N3O4Si/c1-5-11(14)18-21(10-9-17-8-4,19-12(15)6-2)20-13(16)7-3/h8,14-16H,4-7,9-10H2,1-3H3. The molecule has 0 spiro atoms. The number of hydrogen-bond acceptors (Lipinski definition) is 7. The molecule has 3 N–H and O–H groups in total. The summed E-state index contributed by atoms with van der Waals surface area (Å²) in [6.45, 7) is 9.01. The Balaban J connectivity index is 5.22. The summed E-state index contributed by atoms with van der Waals surface area (Å²) in [5, 5.41) is 23.2. The van der Waals surface area contributed by atoms with Crippen molar-refractivity contribution in [2.45, 2.75) is 46.1 Å². The van der Waals surface area contributed by atoms with Crippen LogP contribution in [0.2, 0.25) is 6.04 Å². The fraction of sp³-hybridized carbons (Fsp3) is 0.615. The molecule has 120 valence electrons. The number of rotatable bonds is 10. The topological polar surface area (TPSA) is 108 Å². The lowest BCUT2D eigenvalue weighted by molar-refractivity contribution is 0.202. The summed E-state index contributed by atoms with van der Waals surface area (Å²) in [5.41, 5.74) is 0. The molecule has 0 unspecified atom stereocenters. The molecule has 0 saturated carbocycles. The summed E-state index contributed by atoms with van der Waals surface area (Å²) >= 11 is 0. The van der Waals surface area contributed by atoms with Crippen molar-refractivity contribution in [1.82, 2.24) is 0 Å². The van der Waals surface area contributed by atoms with E-state index >= 15 is 0 Å². The van der Waals surface area contributed by atoms with Crippen molar-refractivity contribution in [1.29, 1.82) is 16.2 Å². The third-order valence-corrected chi connectivity index (χ3v) is 4.93. The van der Waals surface area contributed by atoms with Crippen LogP contribution in [0.4, 0.5) is 0 Å². The molecule has 8 heteroatoms. The maximum Gasteiger partial charge on any atom is 0.705 e. The molecule has 0 amide bonds. The number of nitrogens with one attached hydrogen (secondary N) is 3. The lowest BCUT2D eigenvalue weighted by Gasteiger charge is -2.29. The summed E-state index contributed by atoms with van der Waals surface area (Å²) in [6.07, 6.45) is 2.43. The maximum absolute atomic E-state index is 7.73. The highest BCUT2D eigenvalue weighted by Crippen LogP contribution is 2.19. The van der Waals surface area contributed by atoms with E-state index in [2.05, 4.69) is 6.58 Å². The molecule has 0 atom stereocenters. The van der Waals surface area contributed by atoms with E-state index in [0.29, 0.717) is 19.3 Å². The van der Waals surface area contributed by atoms with Crippen LogP contribution in [0.15, 0.2) is 12.8 Å². The van der Waals surface area contributed by atoms with Crippen molar-refractivity contribution in [3.8, 4) is 0 Å². The van der Waals surface area contributed by atoms with Crippen LogP contribution in [0.3, 0.4) is 0 Å². The molecule has 0 aliphatic carbocycles. The first-order valence-electron chi connectivity index (χ1n) is 6.94. The van der Waals surface area contributed by atoms with Gasteiger partial charge >= 0.3 is 8.80 Å². The molecular weight excluding hydrogens is 290 g/mol. The second-order valence-electron chi connectivity index (χ2n) is 4.11. The molecule has 0 aromatic rings. The Bertz CT molecular complexity index is 342. The van der Waals surface area contributed by atoms with E-state index in [-0.39, 0.29) is 30.3 Å². The summed E-state index contributed by atoms with van der Waals surface area (Å²) in [7, 11) is -3.43. The van der Waals surface area contributed by atoms with E-state index in [1.165, 1.54) is 6.26 Å². The van der Waals surface area contributed by atoms with Crippen molar-refractivity contribution >= 4 is 26.5 Å². The van der Waals surface area contributed by atoms with Gasteiger partial charge in [0.15, 0.2) is 17.7 Å². The van der Waals surface area contributed by atoms with Crippen molar-refractivity contribution in [3.05, 3.63) is 12.8 Å². The van der Waals surface area contributed by atoms with E-state index in [0.717, 1.165) is 0 Å². The molecule has 7 nitrogen and oxygen atoms in total. The van der Waals surface area contributed by atoms with Crippen LogP contribution in [-0.4, -0.2) is 33.1 Å². The average Bonchev–Trinajstić information content (AvgIpc) is 2.46. The Kier molecular flexibility index (Phi) is 9.10. The molecule has 0 bridgehead atoms. The number of hydrogen-bond donors (Lipinski definition) is 3. The minimum absolute atomic E-state index is 0.00748. The predicted molar refractivity (Wildman–Crippen MR) is 84.0 cm³/mol. The first-order chi connectivity index (χ1) is 9.92. The van der Waals surface area contributed by atoms with Gasteiger partial charge in [-0.15, -0.1) is 0 Å². The third kappa shape index (κ3) is 7.50. The van der Waals surface area contributed by atoms with Gasteiger partial charge in [-0.2, -0.15) is 0 Å². The van der Waals surface area contributed by atoms with Crippen LogP contribution in [0.5, 0.6) is 0 Å². The Morgan fingerprint density at radius 1 is 0.905 bits per heavy atom. The van der Waals surface area contributed by atoms with Crippen LogP contribution >= 0.6 is 0 Å². The first-order valence-corrected chi connectivity index (χ1v) is 8.87. The SMILES string of the molecule is C=COCC[Si](OC(=N)CC)(OC(=N)CC)OC(=N)CC. The van der Waals surface area contributed by atoms with E-state index in [9.17, 15) is 0 Å². The van der Waals surface area contributed by atoms with E-state index < -0.39 is 8.80 Å². The summed E-state index contributed by atoms with van der Waals surface area (Å²) in [6, 6.07) is 0.228. The number of ether oxygens (including phenoxy) is 1. The molecule has 0 aliphatic heterocycles. The highest BCUT2D eigenvalue weighted by Gasteiger charge is 2.50. The van der Waals surface area contributed by atoms with Crippen LogP contribution < -0.4 is 0 Å². The maximum atomic E-state index is 7.73. The Morgan fingerprint density at radius 2 is 1.29 bits per heavy atom. The third-order valence-electron chi connectivity index (χ3n) is 2.44. The van der Waals surface area contributed by atoms with Gasteiger partial charge in [-0.1, -0.05) is 27.4 Å². The average molecular weight is 315 g/mol. The van der Waals surface area contributed by atoms with Crippen LogP contribution in [-0.2, 0) is 18.0 Å². The largest absolute Gasteiger partial charge is 0.705 e. The van der Waals surface area contributed by atoms with Gasteiger partial charge in [-0.25, -0.2) is 0 Å². The molecule has 0 fully saturated rings. The van der Waals surface area contributed by atoms with Gasteiger partial charge in [0.25, 0.3) is 0 Å². The summed E-state index contributed by atoms with van der Waals surface area (Å²) in [4.78, 5) is 0. The second kappa shape index (κ2) is 9.98.